The van der Waals surface area contributed by atoms with Gasteiger partial charge in [0, 0.05) is 0 Å². The Morgan fingerprint density at radius 2 is 1.86 bits per heavy atom. The van der Waals surface area contributed by atoms with E-state index in [9.17, 15) is 14.4 Å². The molecule has 0 spiro atoms. The first kappa shape index (κ1) is 12.4. The summed E-state index contributed by atoms with van der Waals surface area (Å²) in [6.45, 7) is 3.31. The summed E-state index contributed by atoms with van der Waals surface area (Å²) in [7, 11) is 0. The number of nitrogens with one attached hydrogen (secondary N) is 1. The van der Waals surface area contributed by atoms with Gasteiger partial charge in [0.25, 0.3) is 0 Å². The molecule has 0 heterocycles. The number of carboxylic acids is 1. The lowest BCUT2D eigenvalue weighted by Crippen LogP contribution is -2.45. The molecule has 0 saturated carbocycles. The molecular formula is C8H14N2O4. The van der Waals surface area contributed by atoms with E-state index in [1.807, 2.05) is 0 Å². The lowest BCUT2D eigenvalue weighted by Gasteiger charge is -2.17. The van der Waals surface area contributed by atoms with Crippen LogP contribution in [0, 0.1) is 5.92 Å². The van der Waals surface area contributed by atoms with E-state index >= 15 is 0 Å². The average Bonchev–Trinajstić information content (AvgIpc) is 1.97. The zero-order valence-corrected chi connectivity index (χ0v) is 8.11. The second kappa shape index (κ2) is 5.21. The van der Waals surface area contributed by atoms with Crippen molar-refractivity contribution in [1.29, 1.82) is 0 Å². The molecule has 6 nitrogen and oxygen atoms in total. The Hall–Kier alpha value is -1.59. The molecule has 80 valence electrons. The molecule has 0 saturated heterocycles. The quantitative estimate of drug-likeness (QED) is 0.501. The van der Waals surface area contributed by atoms with E-state index in [0.29, 0.717) is 0 Å². The van der Waals surface area contributed by atoms with Gasteiger partial charge in [0.05, 0.1) is 0 Å². The Bertz CT molecular complexity index is 250. The number of nitrogens with two attached hydrogens (primary N) is 1. The van der Waals surface area contributed by atoms with E-state index in [-0.39, 0.29) is 5.92 Å². The molecule has 0 fully saturated rings. The first-order valence-electron chi connectivity index (χ1n) is 4.15. The van der Waals surface area contributed by atoms with Gasteiger partial charge in [-0.1, -0.05) is 13.8 Å². The molecule has 0 aromatic rings. The Kier molecular flexibility index (Phi) is 4.62. The summed E-state index contributed by atoms with van der Waals surface area (Å²) >= 11 is 0. The molecule has 4 N–H and O–H groups in total. The fourth-order valence-corrected chi connectivity index (χ4v) is 0.896. The molecule has 0 unspecified atom stereocenters. The van der Waals surface area contributed by atoms with Crippen LogP contribution in [0.2, 0.25) is 0 Å². The van der Waals surface area contributed by atoms with Gasteiger partial charge >= 0.3 is 5.97 Å². The van der Waals surface area contributed by atoms with Gasteiger partial charge in [-0.25, -0.2) is 4.79 Å². The van der Waals surface area contributed by atoms with Gasteiger partial charge < -0.3 is 16.2 Å². The first-order valence-corrected chi connectivity index (χ1v) is 4.15. The van der Waals surface area contributed by atoms with Crippen LogP contribution >= 0.6 is 0 Å². The molecule has 0 aliphatic rings. The predicted molar refractivity (Wildman–Crippen MR) is 48.2 cm³/mol. The number of amides is 2. The number of carbonyl (C=O) groups is 3. The van der Waals surface area contributed by atoms with Crippen molar-refractivity contribution in [2.75, 3.05) is 0 Å². The Balaban J connectivity index is 4.24. The van der Waals surface area contributed by atoms with Gasteiger partial charge in [-0.05, 0) is 5.92 Å². The van der Waals surface area contributed by atoms with Crippen LogP contribution in [0.15, 0.2) is 0 Å². The van der Waals surface area contributed by atoms with E-state index in [0.717, 1.165) is 0 Å². The summed E-state index contributed by atoms with van der Waals surface area (Å²) in [5.41, 5.74) is 4.77. The second-order valence-corrected chi connectivity index (χ2v) is 3.27. The Labute approximate surface area is 81.5 Å². The van der Waals surface area contributed by atoms with Crippen molar-refractivity contribution >= 4 is 17.8 Å². The molecule has 0 aromatic carbocycles. The topological polar surface area (TPSA) is 109 Å². The van der Waals surface area contributed by atoms with Gasteiger partial charge in [0.15, 0.2) is 0 Å². The zero-order chi connectivity index (χ0) is 11.3. The van der Waals surface area contributed by atoms with Crippen LogP contribution in [0.3, 0.4) is 0 Å². The van der Waals surface area contributed by atoms with Gasteiger partial charge in [0.2, 0.25) is 11.8 Å². The van der Waals surface area contributed by atoms with E-state index in [2.05, 4.69) is 5.32 Å². The monoisotopic (exact) mass is 202 g/mol. The van der Waals surface area contributed by atoms with Crippen molar-refractivity contribution in [2.45, 2.75) is 26.3 Å². The zero-order valence-electron chi connectivity index (χ0n) is 8.11. The number of hydrogen-bond acceptors (Lipinski definition) is 3. The number of carboxylic acid groups (broad SMARTS) is 1. The van der Waals surface area contributed by atoms with Gasteiger partial charge in [0.1, 0.15) is 12.5 Å². The third-order valence-corrected chi connectivity index (χ3v) is 1.58. The molecule has 2 amide bonds. The van der Waals surface area contributed by atoms with Gasteiger partial charge in [-0.15, -0.1) is 0 Å². The first-order chi connectivity index (χ1) is 6.34. The van der Waals surface area contributed by atoms with Gasteiger partial charge in [-0.2, -0.15) is 0 Å². The minimum atomic E-state index is -1.13. The van der Waals surface area contributed by atoms with Crippen LogP contribution in [0.25, 0.3) is 0 Å². The summed E-state index contributed by atoms with van der Waals surface area (Å²) in [5.74, 6) is -2.82. The molecule has 0 aromatic heterocycles. The minimum absolute atomic E-state index is 0.246. The fraction of sp³-hybridized carbons (Fsp3) is 0.625. The van der Waals surface area contributed by atoms with Crippen LogP contribution < -0.4 is 11.1 Å². The highest BCUT2D eigenvalue weighted by Gasteiger charge is 2.23. The number of rotatable bonds is 5. The summed E-state index contributed by atoms with van der Waals surface area (Å²) < 4.78 is 0. The maximum atomic E-state index is 11.0. The minimum Gasteiger partial charge on any atom is -0.480 e. The van der Waals surface area contributed by atoms with E-state index < -0.39 is 30.2 Å². The van der Waals surface area contributed by atoms with Gasteiger partial charge in [-0.3, -0.25) is 9.59 Å². The largest absolute Gasteiger partial charge is 0.480 e. The molecule has 0 bridgehead atoms. The molecule has 0 radical (unpaired) electrons. The normalized spacial score (nSPS) is 12.2. The van der Waals surface area contributed by atoms with Crippen molar-refractivity contribution < 1.29 is 19.5 Å². The maximum Gasteiger partial charge on any atom is 0.326 e. The predicted octanol–water partition coefficient (Wildman–Crippen LogP) is -0.913. The molecule has 1 atom stereocenters. The summed E-state index contributed by atoms with van der Waals surface area (Å²) in [5, 5.41) is 10.9. The summed E-state index contributed by atoms with van der Waals surface area (Å²) in [6, 6.07) is -0.984. The smallest absolute Gasteiger partial charge is 0.326 e. The van der Waals surface area contributed by atoms with Crippen molar-refractivity contribution in [1.82, 2.24) is 5.32 Å². The number of primary amides is 1. The van der Waals surface area contributed by atoms with Crippen LogP contribution in [0.5, 0.6) is 0 Å². The molecule has 0 aliphatic heterocycles. The van der Waals surface area contributed by atoms with Crippen LogP contribution in [0.1, 0.15) is 20.3 Å². The van der Waals surface area contributed by atoms with Crippen molar-refractivity contribution in [3.8, 4) is 0 Å². The summed E-state index contributed by atoms with van der Waals surface area (Å²) in [4.78, 5) is 32.0. The molecule has 0 aliphatic carbocycles. The highest BCUT2D eigenvalue weighted by Crippen LogP contribution is 2.01. The SMILES string of the molecule is CC(C)[C@H](NC(=O)CC(N)=O)C(=O)O. The number of aliphatic carboxylic acids is 1. The Morgan fingerprint density at radius 3 is 2.14 bits per heavy atom. The average molecular weight is 202 g/mol. The third-order valence-electron chi connectivity index (χ3n) is 1.58. The van der Waals surface area contributed by atoms with Crippen molar-refractivity contribution in [3.63, 3.8) is 0 Å². The molecule has 14 heavy (non-hydrogen) atoms. The maximum absolute atomic E-state index is 11.0. The number of hydrogen-bond donors (Lipinski definition) is 3. The fourth-order valence-electron chi connectivity index (χ4n) is 0.896. The molecule has 6 heteroatoms. The van der Waals surface area contributed by atoms with E-state index in [1.165, 1.54) is 0 Å². The van der Waals surface area contributed by atoms with E-state index in [1.54, 1.807) is 13.8 Å². The van der Waals surface area contributed by atoms with Crippen molar-refractivity contribution in [3.05, 3.63) is 0 Å². The van der Waals surface area contributed by atoms with E-state index in [4.69, 9.17) is 10.8 Å². The highest BCUT2D eigenvalue weighted by atomic mass is 16.4. The molecule has 0 rings (SSSR count). The lowest BCUT2D eigenvalue weighted by atomic mass is 10.0. The molecular weight excluding hydrogens is 188 g/mol. The van der Waals surface area contributed by atoms with Crippen LogP contribution in [0.4, 0.5) is 0 Å². The lowest BCUT2D eigenvalue weighted by molar-refractivity contribution is -0.143. The third kappa shape index (κ3) is 4.44. The van der Waals surface area contributed by atoms with Crippen LogP contribution in [-0.4, -0.2) is 28.9 Å². The highest BCUT2D eigenvalue weighted by molar-refractivity contribution is 5.97. The van der Waals surface area contributed by atoms with Crippen molar-refractivity contribution in [2.24, 2.45) is 11.7 Å². The summed E-state index contributed by atoms with van der Waals surface area (Å²) in [6.07, 6.45) is -0.490. The number of carbonyl (C=O) groups excluding carboxylic acids is 2. The Morgan fingerprint density at radius 1 is 1.36 bits per heavy atom. The van der Waals surface area contributed by atoms with Crippen LogP contribution in [-0.2, 0) is 14.4 Å². The second-order valence-electron chi connectivity index (χ2n) is 3.27. The standard InChI is InChI=1S/C8H14N2O4/c1-4(2)7(8(13)14)10-6(12)3-5(9)11/h4,7H,3H2,1-2H3,(H2,9,11)(H,10,12)(H,13,14)/t7-/m0/s1.